The molecule has 276 valence electrons. The molecule has 0 radical (unpaired) electrons. The molecule has 1 aliphatic heterocycles. The lowest BCUT2D eigenvalue weighted by Gasteiger charge is -2.34. The molecule has 0 N–H and O–H groups in total. The van der Waals surface area contributed by atoms with Crippen molar-refractivity contribution in [1.82, 2.24) is 4.57 Å². The molecular weight excluding hydrogens is 715 g/mol. The molecule has 0 bridgehead atoms. The van der Waals surface area contributed by atoms with Crippen LogP contribution in [0.5, 0.6) is 0 Å². The van der Waals surface area contributed by atoms with Gasteiger partial charge in [-0.25, -0.2) is 0 Å². The normalized spacial score (nSPS) is 12.0. The van der Waals surface area contributed by atoms with E-state index in [0.29, 0.717) is 0 Å². The number of hydrogen-bond acceptors (Lipinski definition) is 2. The summed E-state index contributed by atoms with van der Waals surface area (Å²) in [6.07, 6.45) is 0. The van der Waals surface area contributed by atoms with Crippen molar-refractivity contribution in [2.75, 3.05) is 9.80 Å². The van der Waals surface area contributed by atoms with E-state index in [1.807, 2.05) is 0 Å². The summed E-state index contributed by atoms with van der Waals surface area (Å²) in [5.74, 6) is 0. The maximum atomic E-state index is 2.48. The minimum atomic E-state index is 1.10. The van der Waals surface area contributed by atoms with Gasteiger partial charge in [-0.2, -0.15) is 0 Å². The van der Waals surface area contributed by atoms with E-state index in [2.05, 4.69) is 239 Å². The molecule has 0 unspecified atom stereocenters. The van der Waals surface area contributed by atoms with E-state index in [1.54, 1.807) is 0 Å². The first-order valence-electron chi connectivity index (χ1n) is 20.3. The van der Waals surface area contributed by atoms with Gasteiger partial charge in [0.25, 0.3) is 0 Å². The van der Waals surface area contributed by atoms with Crippen LogP contribution in [-0.2, 0) is 0 Å². The van der Waals surface area contributed by atoms with Gasteiger partial charge in [-0.05, 0) is 118 Å². The van der Waals surface area contributed by atoms with Crippen molar-refractivity contribution in [1.29, 1.82) is 0 Å². The Bertz CT molecular complexity index is 3360. The second-order valence-electron chi connectivity index (χ2n) is 15.4. The number of fused-ring (bicyclic) bond motifs is 7. The van der Waals surface area contributed by atoms with Crippen LogP contribution in [-0.4, -0.2) is 4.57 Å². The van der Waals surface area contributed by atoms with Crippen LogP contribution in [0.4, 0.5) is 34.1 Å². The van der Waals surface area contributed by atoms with E-state index >= 15 is 0 Å². The number of hydrogen-bond donors (Lipinski definition) is 0. The molecule has 0 saturated heterocycles. The van der Waals surface area contributed by atoms with Crippen molar-refractivity contribution >= 4 is 77.5 Å². The van der Waals surface area contributed by atoms with Crippen molar-refractivity contribution in [3.8, 4) is 27.9 Å². The lowest BCUT2D eigenvalue weighted by molar-refractivity contribution is 1.18. The van der Waals surface area contributed by atoms with Crippen molar-refractivity contribution in [2.24, 2.45) is 0 Å². The van der Waals surface area contributed by atoms with Gasteiger partial charge < -0.3 is 14.4 Å². The molecule has 0 amide bonds. The quantitative estimate of drug-likeness (QED) is 0.168. The third-order valence-corrected chi connectivity index (χ3v) is 12.1. The third-order valence-electron chi connectivity index (χ3n) is 12.1. The van der Waals surface area contributed by atoms with Gasteiger partial charge in [0.2, 0.25) is 0 Å². The summed E-state index contributed by atoms with van der Waals surface area (Å²) in [4.78, 5) is 4.85. The van der Waals surface area contributed by atoms with Crippen molar-refractivity contribution < 1.29 is 0 Å². The molecule has 12 rings (SSSR count). The molecule has 0 atom stereocenters. The molecule has 0 aliphatic carbocycles. The molecule has 10 aromatic carbocycles. The highest BCUT2D eigenvalue weighted by Gasteiger charge is 2.28. The summed E-state index contributed by atoms with van der Waals surface area (Å²) in [5.41, 5.74) is 15.3. The average Bonchev–Trinajstić information content (AvgIpc) is 3.63. The van der Waals surface area contributed by atoms with Gasteiger partial charge in [0, 0.05) is 50.2 Å². The minimum absolute atomic E-state index is 1.10. The van der Waals surface area contributed by atoms with E-state index in [9.17, 15) is 0 Å². The van der Waals surface area contributed by atoms with Crippen molar-refractivity contribution in [3.63, 3.8) is 0 Å². The van der Waals surface area contributed by atoms with Gasteiger partial charge in [-0.15, -0.1) is 0 Å². The van der Waals surface area contributed by atoms with Gasteiger partial charge in [-0.1, -0.05) is 140 Å². The van der Waals surface area contributed by atoms with Crippen LogP contribution < -0.4 is 9.80 Å². The molecular formula is C56H37N3. The maximum Gasteiger partial charge on any atom is 0.0547 e. The van der Waals surface area contributed by atoms with E-state index in [-0.39, 0.29) is 0 Å². The predicted molar refractivity (Wildman–Crippen MR) is 250 cm³/mol. The highest BCUT2D eigenvalue weighted by atomic mass is 15.2. The minimum Gasteiger partial charge on any atom is -0.310 e. The highest BCUT2D eigenvalue weighted by molar-refractivity contribution is 6.20. The molecule has 1 aromatic heterocycles. The third kappa shape index (κ3) is 5.29. The summed E-state index contributed by atoms with van der Waals surface area (Å²) < 4.78 is 2.41. The summed E-state index contributed by atoms with van der Waals surface area (Å²) >= 11 is 0. The van der Waals surface area contributed by atoms with Crippen LogP contribution in [0, 0.1) is 0 Å². The fourth-order valence-electron chi connectivity index (χ4n) is 9.44. The zero-order valence-corrected chi connectivity index (χ0v) is 32.2. The van der Waals surface area contributed by atoms with Crippen LogP contribution >= 0.6 is 0 Å². The lowest BCUT2D eigenvalue weighted by Crippen LogP contribution is -2.15. The Morgan fingerprint density at radius 1 is 0.339 bits per heavy atom. The first-order chi connectivity index (χ1) is 29.3. The van der Waals surface area contributed by atoms with Crippen LogP contribution in [0.2, 0.25) is 0 Å². The number of nitrogens with zero attached hydrogens (tertiary/aromatic N) is 3. The SMILES string of the molecule is c1ccc(-c2ccc(N(c3ccccc3)c3ccc4c(c3)c3cc(N5c6ccc7ccccc7c6-c6cccc7cccc5c67)ccc3n4-c3ccccc3)cc2)cc1. The fourth-order valence-corrected chi connectivity index (χ4v) is 9.44. The number of aromatic nitrogens is 1. The second kappa shape index (κ2) is 13.4. The van der Waals surface area contributed by atoms with Crippen molar-refractivity contribution in [2.45, 2.75) is 0 Å². The predicted octanol–water partition coefficient (Wildman–Crippen LogP) is 15.7. The lowest BCUT2D eigenvalue weighted by atomic mass is 9.87. The van der Waals surface area contributed by atoms with Crippen LogP contribution in [0.3, 0.4) is 0 Å². The molecule has 3 heteroatoms. The summed E-state index contributed by atoms with van der Waals surface area (Å²) in [7, 11) is 0. The molecule has 59 heavy (non-hydrogen) atoms. The fraction of sp³-hybridized carbons (Fsp3) is 0. The second-order valence-corrected chi connectivity index (χ2v) is 15.4. The first-order valence-corrected chi connectivity index (χ1v) is 20.3. The van der Waals surface area contributed by atoms with Crippen LogP contribution in [0.15, 0.2) is 224 Å². The van der Waals surface area contributed by atoms with E-state index in [0.717, 1.165) is 34.0 Å². The largest absolute Gasteiger partial charge is 0.310 e. The average molecular weight is 752 g/mol. The zero-order chi connectivity index (χ0) is 38.9. The molecule has 3 nitrogen and oxygen atoms in total. The van der Waals surface area contributed by atoms with E-state index < -0.39 is 0 Å². The molecule has 1 aliphatic rings. The van der Waals surface area contributed by atoms with Gasteiger partial charge >= 0.3 is 0 Å². The standard InChI is InChI=1S/C56H37N3/c1-4-14-38(15-5-1)39-26-29-44(30-27-39)57(42-19-6-2-7-20-42)45-31-34-51-49(36-45)50-37-46(32-35-52(50)58(51)43-21-8-3-9-22-43)59-53-25-13-18-41-17-12-24-48(55(41)53)56-47-23-11-10-16-40(47)28-33-54(56)59/h1-37H. The maximum absolute atomic E-state index is 2.48. The summed E-state index contributed by atoms with van der Waals surface area (Å²) in [6.45, 7) is 0. The Balaban J connectivity index is 1.09. The summed E-state index contributed by atoms with van der Waals surface area (Å²) in [5, 5.41) is 7.43. The Labute approximate surface area is 342 Å². The zero-order valence-electron chi connectivity index (χ0n) is 32.2. The van der Waals surface area contributed by atoms with Crippen LogP contribution in [0.25, 0.3) is 71.3 Å². The van der Waals surface area contributed by atoms with E-state index in [1.165, 1.54) is 71.5 Å². The molecule has 2 heterocycles. The Morgan fingerprint density at radius 3 is 1.75 bits per heavy atom. The molecule has 11 aromatic rings. The number of para-hydroxylation sites is 2. The molecule has 0 fully saturated rings. The summed E-state index contributed by atoms with van der Waals surface area (Å²) in [6, 6.07) is 81.7. The van der Waals surface area contributed by atoms with Crippen molar-refractivity contribution in [3.05, 3.63) is 224 Å². The number of anilines is 6. The van der Waals surface area contributed by atoms with Gasteiger partial charge in [0.05, 0.1) is 22.4 Å². The van der Waals surface area contributed by atoms with E-state index in [4.69, 9.17) is 0 Å². The Hall–Kier alpha value is -7.88. The molecule has 0 spiro atoms. The highest BCUT2D eigenvalue weighted by Crippen LogP contribution is 2.53. The van der Waals surface area contributed by atoms with Gasteiger partial charge in [-0.3, -0.25) is 0 Å². The number of benzene rings is 10. The first kappa shape index (κ1) is 33.3. The Morgan fingerprint density at radius 2 is 0.949 bits per heavy atom. The molecule has 0 saturated carbocycles. The topological polar surface area (TPSA) is 11.4 Å². The monoisotopic (exact) mass is 751 g/mol. The Kier molecular flexibility index (Phi) is 7.54. The number of rotatable bonds is 6. The van der Waals surface area contributed by atoms with Crippen LogP contribution in [0.1, 0.15) is 0 Å². The smallest absolute Gasteiger partial charge is 0.0547 e. The van der Waals surface area contributed by atoms with Gasteiger partial charge in [0.15, 0.2) is 0 Å². The van der Waals surface area contributed by atoms with Gasteiger partial charge in [0.1, 0.15) is 0 Å².